The first-order valence-corrected chi connectivity index (χ1v) is 7.33. The third-order valence-corrected chi connectivity index (χ3v) is 3.85. The number of nitro benzene ring substituents is 1. The van der Waals surface area contributed by atoms with Crippen molar-refractivity contribution >= 4 is 43.4 Å². The maximum absolute atomic E-state index is 10.8. The summed E-state index contributed by atoms with van der Waals surface area (Å²) in [4.78, 5) is 18.5. The van der Waals surface area contributed by atoms with Gasteiger partial charge in [-0.05, 0) is 38.8 Å². The largest absolute Gasteiger partial charge is 0.436 e. The summed E-state index contributed by atoms with van der Waals surface area (Å²) < 4.78 is 6.64. The predicted molar refractivity (Wildman–Crippen MR) is 84.9 cm³/mol. The lowest BCUT2D eigenvalue weighted by atomic mass is 10.3. The third kappa shape index (κ3) is 3.30. The second-order valence-electron chi connectivity index (χ2n) is 4.00. The molecular formula is C12H10Br2N4O3. The van der Waals surface area contributed by atoms with Crippen molar-refractivity contribution in [2.24, 2.45) is 0 Å². The highest BCUT2D eigenvalue weighted by Gasteiger charge is 2.17. The van der Waals surface area contributed by atoms with Crippen LogP contribution < -0.4 is 10.1 Å². The first-order valence-electron chi connectivity index (χ1n) is 5.74. The maximum atomic E-state index is 10.8. The molecule has 0 saturated carbocycles. The lowest BCUT2D eigenvalue weighted by Crippen LogP contribution is -2.00. The molecule has 110 valence electrons. The van der Waals surface area contributed by atoms with Crippen molar-refractivity contribution < 1.29 is 9.66 Å². The molecule has 0 bridgehead atoms. The Bertz CT molecular complexity index is 686. The third-order valence-electron chi connectivity index (χ3n) is 2.67. The Balaban J connectivity index is 2.43. The van der Waals surface area contributed by atoms with E-state index >= 15 is 0 Å². The van der Waals surface area contributed by atoms with Crippen LogP contribution in [-0.2, 0) is 0 Å². The normalized spacial score (nSPS) is 10.3. The van der Waals surface area contributed by atoms with Gasteiger partial charge in [-0.1, -0.05) is 0 Å². The van der Waals surface area contributed by atoms with Gasteiger partial charge >= 0.3 is 0 Å². The Kier molecular flexibility index (Phi) is 4.73. The topological polar surface area (TPSA) is 90.2 Å². The molecule has 0 aliphatic heterocycles. The van der Waals surface area contributed by atoms with E-state index in [0.29, 0.717) is 26.4 Å². The number of anilines is 1. The van der Waals surface area contributed by atoms with E-state index in [4.69, 9.17) is 4.74 Å². The molecule has 1 heterocycles. The highest BCUT2D eigenvalue weighted by Crippen LogP contribution is 2.40. The number of hydrogen-bond donors (Lipinski definition) is 1. The van der Waals surface area contributed by atoms with Crippen molar-refractivity contribution in [1.29, 1.82) is 0 Å². The van der Waals surface area contributed by atoms with Gasteiger partial charge in [0, 0.05) is 19.2 Å². The van der Waals surface area contributed by atoms with Crippen LogP contribution in [0.3, 0.4) is 0 Å². The molecule has 0 atom stereocenters. The summed E-state index contributed by atoms with van der Waals surface area (Å²) in [6.45, 7) is 1.81. The van der Waals surface area contributed by atoms with E-state index in [1.54, 1.807) is 7.05 Å². The lowest BCUT2D eigenvalue weighted by Gasteiger charge is -2.12. The Morgan fingerprint density at radius 1 is 1.29 bits per heavy atom. The molecule has 7 nitrogen and oxygen atoms in total. The zero-order valence-electron chi connectivity index (χ0n) is 11.1. The summed E-state index contributed by atoms with van der Waals surface area (Å²) in [6, 6.07) is 2.74. The van der Waals surface area contributed by atoms with Gasteiger partial charge in [-0.15, -0.1) is 0 Å². The van der Waals surface area contributed by atoms with Gasteiger partial charge in [-0.25, -0.2) is 9.97 Å². The second kappa shape index (κ2) is 6.35. The molecule has 0 fully saturated rings. The minimum absolute atomic E-state index is 0.0450. The standard InChI is InChI=1S/C12H10Br2N4O3/c1-6-11(15-2)16-5-17-12(6)21-10-8(13)3-7(18(19)20)4-9(10)14/h3-5H,1-2H3,(H,15,16,17). The summed E-state index contributed by atoms with van der Waals surface area (Å²) in [5, 5.41) is 13.7. The molecule has 9 heteroatoms. The fourth-order valence-electron chi connectivity index (χ4n) is 1.64. The van der Waals surface area contributed by atoms with Crippen LogP contribution in [0.25, 0.3) is 0 Å². The molecule has 0 spiro atoms. The Hall–Kier alpha value is -1.74. The van der Waals surface area contributed by atoms with E-state index in [1.165, 1.54) is 18.5 Å². The SMILES string of the molecule is CNc1ncnc(Oc2c(Br)cc([N+](=O)[O-])cc2Br)c1C. The average molecular weight is 418 g/mol. The monoisotopic (exact) mass is 416 g/mol. The van der Waals surface area contributed by atoms with Gasteiger partial charge in [-0.3, -0.25) is 10.1 Å². The highest BCUT2D eigenvalue weighted by atomic mass is 79.9. The summed E-state index contributed by atoms with van der Waals surface area (Å²) in [5.41, 5.74) is 0.688. The number of hydrogen-bond acceptors (Lipinski definition) is 6. The zero-order chi connectivity index (χ0) is 15.6. The van der Waals surface area contributed by atoms with Gasteiger partial charge in [0.15, 0.2) is 5.75 Å². The van der Waals surface area contributed by atoms with Crippen molar-refractivity contribution in [2.45, 2.75) is 6.92 Å². The molecule has 21 heavy (non-hydrogen) atoms. The summed E-state index contributed by atoms with van der Waals surface area (Å²) in [6.07, 6.45) is 1.38. The molecule has 0 saturated heterocycles. The van der Waals surface area contributed by atoms with E-state index in [1.807, 2.05) is 6.92 Å². The molecule has 0 unspecified atom stereocenters. The number of rotatable bonds is 4. The Morgan fingerprint density at radius 2 is 1.90 bits per heavy atom. The zero-order valence-corrected chi connectivity index (χ0v) is 14.2. The van der Waals surface area contributed by atoms with E-state index in [9.17, 15) is 10.1 Å². The maximum Gasteiger partial charge on any atom is 0.271 e. The van der Waals surface area contributed by atoms with Crippen LogP contribution >= 0.6 is 31.9 Å². The number of non-ortho nitro benzene ring substituents is 1. The van der Waals surface area contributed by atoms with Gasteiger partial charge in [0.05, 0.1) is 19.4 Å². The van der Waals surface area contributed by atoms with Gasteiger partial charge < -0.3 is 10.1 Å². The Morgan fingerprint density at radius 3 is 2.43 bits per heavy atom. The lowest BCUT2D eigenvalue weighted by molar-refractivity contribution is -0.385. The smallest absolute Gasteiger partial charge is 0.271 e. The van der Waals surface area contributed by atoms with E-state index < -0.39 is 4.92 Å². The molecule has 0 aliphatic carbocycles. The first-order chi connectivity index (χ1) is 9.93. The predicted octanol–water partition coefficient (Wildman–Crippen LogP) is 4.05. The van der Waals surface area contributed by atoms with Gasteiger partial charge in [-0.2, -0.15) is 0 Å². The number of halogens is 2. The van der Waals surface area contributed by atoms with Crippen molar-refractivity contribution in [3.63, 3.8) is 0 Å². The van der Waals surface area contributed by atoms with Gasteiger partial charge in [0.2, 0.25) is 5.88 Å². The number of nitrogens with zero attached hydrogens (tertiary/aromatic N) is 3. The van der Waals surface area contributed by atoms with Crippen molar-refractivity contribution in [2.75, 3.05) is 12.4 Å². The quantitative estimate of drug-likeness (QED) is 0.596. The molecule has 0 aliphatic rings. The van der Waals surface area contributed by atoms with Gasteiger partial charge in [0.1, 0.15) is 12.1 Å². The molecule has 1 N–H and O–H groups in total. The molecule has 2 rings (SSSR count). The van der Waals surface area contributed by atoms with Crippen LogP contribution in [0.15, 0.2) is 27.4 Å². The van der Waals surface area contributed by atoms with Crippen molar-refractivity contribution in [3.8, 4) is 11.6 Å². The number of nitrogens with one attached hydrogen (secondary N) is 1. The second-order valence-corrected chi connectivity index (χ2v) is 5.71. The molecule has 1 aromatic heterocycles. The van der Waals surface area contributed by atoms with Gasteiger partial charge in [0.25, 0.3) is 5.69 Å². The van der Waals surface area contributed by atoms with Crippen LogP contribution in [0.1, 0.15) is 5.56 Å². The molecule has 0 amide bonds. The fraction of sp³-hybridized carbons (Fsp3) is 0.167. The van der Waals surface area contributed by atoms with Crippen LogP contribution in [-0.4, -0.2) is 21.9 Å². The van der Waals surface area contributed by atoms with Crippen molar-refractivity contribution in [3.05, 3.63) is 43.1 Å². The summed E-state index contributed by atoms with van der Waals surface area (Å²) >= 11 is 6.53. The van der Waals surface area contributed by atoms with Crippen LogP contribution in [0.4, 0.5) is 11.5 Å². The molecule has 0 radical (unpaired) electrons. The molecular weight excluding hydrogens is 408 g/mol. The Labute approximate surface area is 137 Å². The van der Waals surface area contributed by atoms with E-state index in [0.717, 1.165) is 5.56 Å². The highest BCUT2D eigenvalue weighted by molar-refractivity contribution is 9.11. The van der Waals surface area contributed by atoms with Crippen LogP contribution in [0.2, 0.25) is 0 Å². The average Bonchev–Trinajstić information content (AvgIpc) is 2.44. The van der Waals surface area contributed by atoms with E-state index in [-0.39, 0.29) is 5.69 Å². The fourth-order valence-corrected chi connectivity index (χ4v) is 2.96. The number of nitro groups is 1. The first kappa shape index (κ1) is 15.6. The van der Waals surface area contributed by atoms with E-state index in [2.05, 4.69) is 47.1 Å². The number of ether oxygens (including phenoxy) is 1. The minimum Gasteiger partial charge on any atom is -0.436 e. The van der Waals surface area contributed by atoms with Crippen LogP contribution in [0, 0.1) is 17.0 Å². The summed E-state index contributed by atoms with van der Waals surface area (Å²) in [5.74, 6) is 1.42. The minimum atomic E-state index is -0.478. The van der Waals surface area contributed by atoms with Crippen molar-refractivity contribution in [1.82, 2.24) is 9.97 Å². The molecule has 2 aromatic rings. The number of aromatic nitrogens is 2. The number of benzene rings is 1. The molecule has 1 aromatic carbocycles. The van der Waals surface area contributed by atoms with Crippen LogP contribution in [0.5, 0.6) is 11.6 Å². The summed E-state index contributed by atoms with van der Waals surface area (Å²) in [7, 11) is 1.75.